The molecule has 1 aromatic carbocycles. The Morgan fingerprint density at radius 1 is 0.782 bits per heavy atom. The second kappa shape index (κ2) is 17.6. The van der Waals surface area contributed by atoms with Crippen LogP contribution in [0.25, 0.3) is 0 Å². The molecule has 3 atom stereocenters. The highest BCUT2D eigenvalue weighted by Crippen LogP contribution is 2.42. The number of carbonyl (C=O) groups is 6. The molecule has 8 N–H and O–H groups in total. The molecule has 0 aliphatic carbocycles. The number of hydrogen-bond acceptors (Lipinski definition) is 7. The summed E-state index contributed by atoms with van der Waals surface area (Å²) < 4.78 is 29.8. The van der Waals surface area contributed by atoms with Crippen LogP contribution in [-0.2, 0) is 67.8 Å². The standard InChI is InChI=1S/C34H42N8O12S/c43-24(5-3-4-22-7-9-23(10-8-22)37-55(53)54)11-12-26(32(50)51)36-33(52)35-25(31(48)49)6-1-2-17-42-20-27-38(18-29(44)45)13-15-40(27)34(42)41-16-14-39(19-30(46)47)28(41)21-42/h7-10,13-16,25-26,34,37H,1-6,11-12,17-21H2,(H4-3,35,36,44,45,46,47,48,49,50,51,52,53,54)/p+3/t25-,26-,34?,42?/m0/s1. The summed E-state index contributed by atoms with van der Waals surface area (Å²) in [5.41, 5.74) is 1.36. The second-order valence-corrected chi connectivity index (χ2v) is 14.5. The zero-order valence-electron chi connectivity index (χ0n) is 29.8. The van der Waals surface area contributed by atoms with Crippen LogP contribution in [0.1, 0.15) is 68.4 Å². The maximum absolute atomic E-state index is 12.8. The first-order valence-electron chi connectivity index (χ1n) is 17.6. The summed E-state index contributed by atoms with van der Waals surface area (Å²) >= 11 is -2.19. The van der Waals surface area contributed by atoms with E-state index in [9.17, 15) is 53.4 Å². The molecular formula is C34H45N8O12S+3. The van der Waals surface area contributed by atoms with E-state index in [2.05, 4.69) is 15.4 Å². The number of fused-ring (bicyclic) bond motifs is 5. The van der Waals surface area contributed by atoms with Gasteiger partial charge in [-0.3, -0.25) is 14.1 Å². The number of unbranched alkanes of at least 4 members (excludes halogenated alkanes) is 1. The molecule has 2 amide bonds. The Labute approximate surface area is 317 Å². The number of aromatic nitrogens is 4. The number of hydrogen-bond donors (Lipinski definition) is 8. The number of Topliss-reactive ketones (excluding diaryl/α,β-unsaturated/α-hetero) is 1. The normalized spacial score (nSPS) is 18.3. The number of carboxylic acid groups (broad SMARTS) is 4. The number of imidazole rings is 2. The van der Waals surface area contributed by atoms with Gasteiger partial charge in [0, 0.05) is 18.5 Å². The number of aryl methyl sites for hydroxylation is 1. The molecule has 2 aromatic heterocycles. The van der Waals surface area contributed by atoms with Gasteiger partial charge in [-0.2, -0.15) is 0 Å². The monoisotopic (exact) mass is 789 g/mol. The van der Waals surface area contributed by atoms with Crippen molar-refractivity contribution >= 4 is 52.6 Å². The fourth-order valence-electron chi connectivity index (χ4n) is 7.42. The molecule has 1 unspecified atom stereocenters. The molecule has 4 heterocycles. The van der Waals surface area contributed by atoms with Crippen LogP contribution in [0.4, 0.5) is 10.5 Å². The Hall–Kier alpha value is -5.67. The van der Waals surface area contributed by atoms with Crippen molar-refractivity contribution in [1.82, 2.24) is 19.8 Å². The van der Waals surface area contributed by atoms with Crippen molar-refractivity contribution in [3.8, 4) is 0 Å². The van der Waals surface area contributed by atoms with Crippen molar-refractivity contribution in [2.45, 2.75) is 95.9 Å². The van der Waals surface area contributed by atoms with Gasteiger partial charge in [0.05, 0.1) is 6.54 Å². The van der Waals surface area contributed by atoms with Gasteiger partial charge in [0.2, 0.25) is 0 Å². The van der Waals surface area contributed by atoms with Gasteiger partial charge in [-0.25, -0.2) is 41.8 Å². The van der Waals surface area contributed by atoms with Crippen molar-refractivity contribution in [3.05, 3.63) is 66.3 Å². The number of urea groups is 1. The van der Waals surface area contributed by atoms with Gasteiger partial charge in [0.25, 0.3) is 11.3 Å². The summed E-state index contributed by atoms with van der Waals surface area (Å²) in [4.78, 5) is 72.3. The lowest BCUT2D eigenvalue weighted by Gasteiger charge is -2.28. The number of rotatable bonds is 22. The molecule has 2 aliphatic heterocycles. The summed E-state index contributed by atoms with van der Waals surface area (Å²) in [6, 6.07) is 3.00. The topological polar surface area (TPSA) is 274 Å². The Bertz CT molecular complexity index is 1900. The molecular weight excluding hydrogens is 744 g/mol. The van der Waals surface area contributed by atoms with Crippen molar-refractivity contribution in [2.24, 2.45) is 0 Å². The van der Waals surface area contributed by atoms with Gasteiger partial charge in [-0.1, -0.05) is 12.1 Å². The van der Waals surface area contributed by atoms with Crippen LogP contribution in [0.15, 0.2) is 49.1 Å². The molecule has 55 heavy (non-hydrogen) atoms. The number of nitrogens with one attached hydrogen (secondary N) is 3. The molecule has 3 aromatic rings. The quantitative estimate of drug-likeness (QED) is 0.0293. The molecule has 296 valence electrons. The van der Waals surface area contributed by atoms with Crippen LogP contribution in [0.3, 0.4) is 0 Å². The first kappa shape index (κ1) is 40.5. The lowest BCUT2D eigenvalue weighted by molar-refractivity contribution is -0.982. The zero-order chi connectivity index (χ0) is 39.9. The summed E-state index contributed by atoms with van der Waals surface area (Å²) in [6.07, 6.45) is 8.48. The number of aliphatic carboxylic acids is 4. The maximum atomic E-state index is 12.8. The van der Waals surface area contributed by atoms with Crippen LogP contribution >= 0.6 is 0 Å². The molecule has 0 saturated carbocycles. The molecule has 0 saturated heterocycles. The van der Waals surface area contributed by atoms with Crippen LogP contribution in [0.5, 0.6) is 0 Å². The van der Waals surface area contributed by atoms with Crippen molar-refractivity contribution in [1.29, 1.82) is 0 Å². The lowest BCUT2D eigenvalue weighted by atomic mass is 10.0. The van der Waals surface area contributed by atoms with Gasteiger partial charge in [0.1, 0.15) is 42.7 Å². The average Bonchev–Trinajstić information content (AvgIpc) is 3.82. The summed E-state index contributed by atoms with van der Waals surface area (Å²) in [7, 11) is 0. The van der Waals surface area contributed by atoms with Gasteiger partial charge in [-0.05, 0) is 56.2 Å². The number of carbonyl (C=O) groups excluding carboxylic acids is 2. The second-order valence-electron chi connectivity index (χ2n) is 13.8. The largest absolute Gasteiger partial charge is 0.480 e. The fourth-order valence-corrected chi connectivity index (χ4v) is 7.75. The van der Waals surface area contributed by atoms with E-state index in [4.69, 9.17) is 4.55 Å². The van der Waals surface area contributed by atoms with Crippen LogP contribution in [0.2, 0.25) is 0 Å². The van der Waals surface area contributed by atoms with Crippen molar-refractivity contribution < 1.29 is 71.6 Å². The predicted octanol–water partition coefficient (Wildman–Crippen LogP) is 0.179. The highest BCUT2D eigenvalue weighted by molar-refractivity contribution is 7.80. The third kappa shape index (κ3) is 10.1. The van der Waals surface area contributed by atoms with E-state index in [1.54, 1.807) is 58.2 Å². The number of quaternary nitrogens is 1. The fraction of sp³-hybridized carbons (Fsp3) is 0.471. The molecule has 5 rings (SSSR count). The van der Waals surface area contributed by atoms with Gasteiger partial charge < -0.3 is 31.1 Å². The number of ketones is 1. The number of nitrogens with zero attached hydrogens (tertiary/aromatic N) is 5. The Morgan fingerprint density at radius 2 is 1.33 bits per heavy atom. The Balaban J connectivity index is 1.11. The molecule has 20 nitrogen and oxygen atoms in total. The van der Waals surface area contributed by atoms with Crippen LogP contribution in [-0.4, -0.2) is 97.1 Å². The molecule has 2 aliphatic rings. The predicted molar refractivity (Wildman–Crippen MR) is 188 cm³/mol. The number of benzene rings is 1. The Kier molecular flexibility index (Phi) is 13.0. The van der Waals surface area contributed by atoms with Crippen molar-refractivity contribution in [2.75, 3.05) is 11.3 Å². The molecule has 0 fully saturated rings. The average molecular weight is 790 g/mol. The maximum Gasteiger partial charge on any atom is 0.380 e. The van der Waals surface area contributed by atoms with Gasteiger partial charge in [0.15, 0.2) is 26.2 Å². The zero-order valence-corrected chi connectivity index (χ0v) is 30.6. The smallest absolute Gasteiger partial charge is 0.380 e. The first-order valence-corrected chi connectivity index (χ1v) is 18.7. The third-order valence-corrected chi connectivity index (χ3v) is 10.3. The molecule has 21 heteroatoms. The van der Waals surface area contributed by atoms with E-state index in [1.807, 2.05) is 9.13 Å². The summed E-state index contributed by atoms with van der Waals surface area (Å²) in [5, 5.41) is 43.0. The number of amides is 2. The van der Waals surface area contributed by atoms with Gasteiger partial charge >= 0.3 is 47.8 Å². The van der Waals surface area contributed by atoms with Crippen LogP contribution < -0.4 is 24.5 Å². The van der Waals surface area contributed by atoms with Crippen LogP contribution in [0, 0.1) is 0 Å². The molecule has 0 bridgehead atoms. The third-order valence-electron chi connectivity index (χ3n) is 9.93. The minimum absolute atomic E-state index is 0.0283. The molecule has 0 spiro atoms. The summed E-state index contributed by atoms with van der Waals surface area (Å²) in [6.45, 7) is 0.969. The number of carboxylic acids is 4. The van der Waals surface area contributed by atoms with Crippen molar-refractivity contribution in [3.63, 3.8) is 0 Å². The number of anilines is 1. The summed E-state index contributed by atoms with van der Waals surface area (Å²) in [5.74, 6) is -3.31. The van der Waals surface area contributed by atoms with E-state index >= 15 is 0 Å². The highest BCUT2D eigenvalue weighted by atomic mass is 32.2. The molecule has 0 radical (unpaired) electrons. The minimum Gasteiger partial charge on any atom is -0.480 e. The Morgan fingerprint density at radius 3 is 1.84 bits per heavy atom. The highest BCUT2D eigenvalue weighted by Gasteiger charge is 2.62. The SMILES string of the molecule is O=C(O)C[n+]1ccn2c1C[N+]1(CCCC[C@H](NC(=O)N[C@@H](CCC(=O)CCCc3ccc(NS(=O)O)cc3)C(=O)O)C(=O)O)Cc3n(cc[n+]3CC(=O)O)C21. The minimum atomic E-state index is -2.19. The van der Waals surface area contributed by atoms with E-state index in [0.29, 0.717) is 55.5 Å². The lowest BCUT2D eigenvalue weighted by Crippen LogP contribution is -2.51. The van der Waals surface area contributed by atoms with E-state index in [0.717, 1.165) is 17.2 Å². The van der Waals surface area contributed by atoms with Gasteiger partial charge in [-0.15, -0.1) is 9.13 Å². The van der Waals surface area contributed by atoms with E-state index < -0.39 is 53.3 Å². The van der Waals surface area contributed by atoms with E-state index in [-0.39, 0.29) is 50.8 Å². The van der Waals surface area contributed by atoms with E-state index in [1.165, 1.54) is 0 Å². The first-order chi connectivity index (χ1) is 26.2.